The zero-order chi connectivity index (χ0) is 12.2. The number of anilines is 1. The fourth-order valence-corrected chi connectivity index (χ4v) is 0.998. The van der Waals surface area contributed by atoms with Crippen LogP contribution in [0.2, 0.25) is 0 Å². The number of nitrogens with two attached hydrogens (primary N) is 1. The van der Waals surface area contributed by atoms with Crippen LogP contribution in [0.25, 0.3) is 0 Å². The molecule has 0 aliphatic rings. The fourth-order valence-electron chi connectivity index (χ4n) is 0.998. The summed E-state index contributed by atoms with van der Waals surface area (Å²) >= 11 is 0. The van der Waals surface area contributed by atoms with Crippen LogP contribution in [0, 0.1) is 0 Å². The summed E-state index contributed by atoms with van der Waals surface area (Å²) in [6, 6.07) is 2.80. The van der Waals surface area contributed by atoms with E-state index >= 15 is 0 Å². The number of aliphatic imine (C=N–C) groups is 1. The molecule has 6 heteroatoms. The van der Waals surface area contributed by atoms with E-state index in [4.69, 9.17) is 10.2 Å². The third-order valence-electron chi connectivity index (χ3n) is 1.46. The van der Waals surface area contributed by atoms with E-state index in [0.29, 0.717) is 5.88 Å². The maximum absolute atomic E-state index is 11.4. The van der Waals surface area contributed by atoms with Crippen LogP contribution < -0.4 is 16.4 Å². The second-order valence-electron chi connectivity index (χ2n) is 4.22. The van der Waals surface area contributed by atoms with E-state index in [2.05, 4.69) is 15.6 Å². The Balaban J connectivity index is 2.49. The lowest BCUT2D eigenvalue weighted by Gasteiger charge is -2.13. The minimum atomic E-state index is -0.486. The molecule has 0 aromatic carbocycles. The lowest BCUT2D eigenvalue weighted by molar-refractivity contribution is 0.255. The lowest BCUT2D eigenvalue weighted by atomic mass is 10.1. The summed E-state index contributed by atoms with van der Waals surface area (Å²) in [5, 5.41) is 4.85. The number of nitrogens with one attached hydrogen (secondary N) is 2. The highest BCUT2D eigenvalue weighted by Crippen LogP contribution is 2.06. The zero-order valence-corrected chi connectivity index (χ0v) is 9.57. The molecular formula is C10H16N4O2. The van der Waals surface area contributed by atoms with Crippen LogP contribution >= 0.6 is 0 Å². The van der Waals surface area contributed by atoms with Crippen LogP contribution in [0.1, 0.15) is 20.8 Å². The second-order valence-corrected chi connectivity index (χ2v) is 4.22. The predicted octanol–water partition coefficient (Wildman–Crippen LogP) is 1.51. The topological polar surface area (TPSA) is 92.6 Å². The molecule has 6 nitrogen and oxygen atoms in total. The van der Waals surface area contributed by atoms with Crippen molar-refractivity contribution in [3.8, 4) is 0 Å². The predicted molar refractivity (Wildman–Crippen MR) is 62.2 cm³/mol. The van der Waals surface area contributed by atoms with Gasteiger partial charge in [-0.05, 0) is 26.8 Å². The second kappa shape index (κ2) is 4.69. The molecule has 0 fully saturated rings. The third-order valence-corrected chi connectivity index (χ3v) is 1.46. The average molecular weight is 224 g/mol. The van der Waals surface area contributed by atoms with Crippen LogP contribution in [0.15, 0.2) is 27.8 Å². The van der Waals surface area contributed by atoms with Gasteiger partial charge in [-0.15, -0.1) is 0 Å². The van der Waals surface area contributed by atoms with Crippen LogP contribution in [-0.4, -0.2) is 17.5 Å². The highest BCUT2D eigenvalue weighted by molar-refractivity contribution is 6.01. The molecule has 0 saturated heterocycles. The Kier molecular flexibility index (Phi) is 3.55. The number of rotatable bonds is 1. The van der Waals surface area contributed by atoms with Gasteiger partial charge in [0.15, 0.2) is 5.96 Å². The van der Waals surface area contributed by atoms with E-state index in [-0.39, 0.29) is 11.5 Å². The number of carbonyl (C=O) groups excluding carboxylic acids is 1. The van der Waals surface area contributed by atoms with Crippen molar-refractivity contribution in [2.45, 2.75) is 26.3 Å². The molecule has 1 aromatic rings. The summed E-state index contributed by atoms with van der Waals surface area (Å²) in [5.41, 5.74) is 5.21. The van der Waals surface area contributed by atoms with E-state index in [9.17, 15) is 4.79 Å². The first-order valence-corrected chi connectivity index (χ1v) is 4.84. The van der Waals surface area contributed by atoms with E-state index in [1.807, 2.05) is 20.8 Å². The molecule has 0 radical (unpaired) electrons. The molecule has 0 aliphatic carbocycles. The first-order valence-electron chi connectivity index (χ1n) is 4.84. The fraction of sp³-hybridized carbons (Fsp3) is 0.400. The molecule has 1 heterocycles. The van der Waals surface area contributed by atoms with Gasteiger partial charge in [-0.2, -0.15) is 0 Å². The molecule has 1 rings (SSSR count). The van der Waals surface area contributed by atoms with Crippen molar-refractivity contribution >= 4 is 17.9 Å². The van der Waals surface area contributed by atoms with E-state index in [0.717, 1.165) is 0 Å². The monoisotopic (exact) mass is 224 g/mol. The summed E-state index contributed by atoms with van der Waals surface area (Å²) in [4.78, 5) is 15.4. The molecule has 16 heavy (non-hydrogen) atoms. The zero-order valence-electron chi connectivity index (χ0n) is 9.57. The number of amides is 2. The molecule has 0 unspecified atom stereocenters. The summed E-state index contributed by atoms with van der Waals surface area (Å²) < 4.78 is 4.93. The Morgan fingerprint density at radius 1 is 1.50 bits per heavy atom. The van der Waals surface area contributed by atoms with Gasteiger partial charge in [-0.1, -0.05) is 0 Å². The molecule has 0 spiro atoms. The van der Waals surface area contributed by atoms with E-state index < -0.39 is 6.03 Å². The van der Waals surface area contributed by atoms with Crippen LogP contribution in [0.5, 0.6) is 0 Å². The van der Waals surface area contributed by atoms with Crippen molar-refractivity contribution < 1.29 is 9.21 Å². The largest absolute Gasteiger partial charge is 0.449 e. The highest BCUT2D eigenvalue weighted by atomic mass is 16.3. The van der Waals surface area contributed by atoms with Gasteiger partial charge in [-0.25, -0.2) is 9.79 Å². The Bertz CT molecular complexity index is 376. The number of furan rings is 1. The minimum absolute atomic E-state index is 0.0663. The van der Waals surface area contributed by atoms with Crippen LogP contribution in [0.4, 0.5) is 10.7 Å². The molecule has 88 valence electrons. The van der Waals surface area contributed by atoms with Crippen molar-refractivity contribution in [1.29, 1.82) is 0 Å². The SMILES string of the molecule is CC(C)(C)N=C(N)NC(=O)Nc1ccco1. The Morgan fingerprint density at radius 2 is 2.19 bits per heavy atom. The van der Waals surface area contributed by atoms with Gasteiger partial charge in [0, 0.05) is 6.07 Å². The molecule has 2 amide bonds. The van der Waals surface area contributed by atoms with Crippen molar-refractivity contribution in [1.82, 2.24) is 5.32 Å². The van der Waals surface area contributed by atoms with Crippen molar-refractivity contribution in [3.05, 3.63) is 18.4 Å². The van der Waals surface area contributed by atoms with Crippen molar-refractivity contribution in [3.63, 3.8) is 0 Å². The Labute approximate surface area is 93.9 Å². The summed E-state index contributed by atoms with van der Waals surface area (Å²) in [7, 11) is 0. The number of hydrogen-bond donors (Lipinski definition) is 3. The van der Waals surface area contributed by atoms with Gasteiger partial charge in [0.2, 0.25) is 5.88 Å². The Morgan fingerprint density at radius 3 is 2.69 bits per heavy atom. The first kappa shape index (κ1) is 12.1. The maximum atomic E-state index is 11.4. The van der Waals surface area contributed by atoms with Crippen molar-refractivity contribution in [2.24, 2.45) is 10.7 Å². The molecule has 0 saturated carbocycles. The maximum Gasteiger partial charge on any atom is 0.328 e. The molecule has 4 N–H and O–H groups in total. The number of nitrogens with zero attached hydrogens (tertiary/aromatic N) is 1. The van der Waals surface area contributed by atoms with E-state index in [1.54, 1.807) is 12.1 Å². The molecule has 0 bridgehead atoms. The average Bonchev–Trinajstić information content (AvgIpc) is 2.51. The van der Waals surface area contributed by atoms with Crippen LogP contribution in [0.3, 0.4) is 0 Å². The summed E-state index contributed by atoms with van der Waals surface area (Å²) in [6.07, 6.45) is 1.46. The third kappa shape index (κ3) is 4.50. The summed E-state index contributed by atoms with van der Waals surface area (Å²) in [6.45, 7) is 5.64. The minimum Gasteiger partial charge on any atom is -0.449 e. The van der Waals surface area contributed by atoms with Gasteiger partial charge in [0.1, 0.15) is 0 Å². The van der Waals surface area contributed by atoms with Gasteiger partial charge in [0.05, 0.1) is 11.8 Å². The smallest absolute Gasteiger partial charge is 0.328 e. The van der Waals surface area contributed by atoms with Gasteiger partial charge in [-0.3, -0.25) is 10.6 Å². The van der Waals surface area contributed by atoms with Gasteiger partial charge in [0.25, 0.3) is 0 Å². The number of urea groups is 1. The lowest BCUT2D eigenvalue weighted by Crippen LogP contribution is -2.41. The summed E-state index contributed by atoms with van der Waals surface area (Å²) in [5.74, 6) is 0.414. The van der Waals surface area contributed by atoms with E-state index in [1.165, 1.54) is 6.26 Å². The number of carbonyl (C=O) groups is 1. The molecule has 0 aliphatic heterocycles. The standard InChI is InChI=1S/C10H16N4O2/c1-10(2,3)14-8(11)13-9(15)12-7-5-4-6-16-7/h4-6H,1-3H3,(H4,11,12,13,14,15). The van der Waals surface area contributed by atoms with Crippen LogP contribution in [-0.2, 0) is 0 Å². The number of guanidine groups is 1. The quantitative estimate of drug-likeness (QED) is 0.498. The van der Waals surface area contributed by atoms with Gasteiger partial charge < -0.3 is 10.2 Å². The highest BCUT2D eigenvalue weighted by Gasteiger charge is 2.10. The Hall–Kier alpha value is -1.98. The molecule has 0 atom stereocenters. The molecular weight excluding hydrogens is 208 g/mol. The first-order chi connectivity index (χ1) is 7.37. The number of hydrogen-bond acceptors (Lipinski definition) is 3. The normalized spacial score (nSPS) is 12.3. The molecule has 1 aromatic heterocycles. The van der Waals surface area contributed by atoms with Crippen molar-refractivity contribution in [2.75, 3.05) is 5.32 Å². The van der Waals surface area contributed by atoms with Gasteiger partial charge >= 0.3 is 6.03 Å².